The Labute approximate surface area is 141 Å². The molecule has 0 saturated carbocycles. The number of aromatic nitrogens is 2. The van der Waals surface area contributed by atoms with E-state index in [1.54, 1.807) is 30.6 Å². The lowest BCUT2D eigenvalue weighted by Crippen LogP contribution is -2.45. The molecule has 1 aliphatic rings. The highest BCUT2D eigenvalue weighted by atomic mass is 16.5. The fraction of sp³-hybridized carbons (Fsp3) is 0.389. The summed E-state index contributed by atoms with van der Waals surface area (Å²) in [6, 6.07) is 9.20. The van der Waals surface area contributed by atoms with Crippen molar-refractivity contribution in [2.24, 2.45) is 0 Å². The van der Waals surface area contributed by atoms with Crippen molar-refractivity contribution in [1.82, 2.24) is 15.3 Å². The van der Waals surface area contributed by atoms with Gasteiger partial charge in [-0.3, -0.25) is 4.79 Å². The number of nitrogens with one attached hydrogen (secondary N) is 2. The van der Waals surface area contributed by atoms with Crippen LogP contribution in [0, 0.1) is 0 Å². The van der Waals surface area contributed by atoms with E-state index in [1.165, 1.54) is 0 Å². The fourth-order valence-electron chi connectivity index (χ4n) is 2.82. The molecule has 2 heterocycles. The van der Waals surface area contributed by atoms with Crippen molar-refractivity contribution in [3.05, 3.63) is 48.3 Å². The van der Waals surface area contributed by atoms with Crippen molar-refractivity contribution in [3.63, 3.8) is 0 Å². The monoisotopic (exact) mass is 326 g/mol. The summed E-state index contributed by atoms with van der Waals surface area (Å²) in [5, 5.41) is 6.19. The quantitative estimate of drug-likeness (QED) is 0.903. The van der Waals surface area contributed by atoms with Crippen molar-refractivity contribution < 1.29 is 9.53 Å². The van der Waals surface area contributed by atoms with Gasteiger partial charge < -0.3 is 15.4 Å². The molecule has 0 bridgehead atoms. The van der Waals surface area contributed by atoms with Gasteiger partial charge in [0.1, 0.15) is 0 Å². The number of carbonyl (C=O) groups excluding carboxylic acids is 1. The average molecular weight is 326 g/mol. The molecule has 1 aliphatic heterocycles. The van der Waals surface area contributed by atoms with E-state index in [0.29, 0.717) is 18.1 Å². The smallest absolute Gasteiger partial charge is 0.251 e. The lowest BCUT2D eigenvalue weighted by molar-refractivity contribution is -0.0615. The van der Waals surface area contributed by atoms with Crippen LogP contribution in [0.1, 0.15) is 37.0 Å². The van der Waals surface area contributed by atoms with E-state index in [1.807, 2.05) is 12.1 Å². The van der Waals surface area contributed by atoms with Crippen molar-refractivity contribution >= 4 is 17.5 Å². The first-order chi connectivity index (χ1) is 11.5. The molecule has 2 aromatic rings. The normalized spacial score (nSPS) is 19.5. The molecule has 126 valence electrons. The summed E-state index contributed by atoms with van der Waals surface area (Å²) in [4.78, 5) is 20.6. The summed E-state index contributed by atoms with van der Waals surface area (Å²) in [7, 11) is 0. The van der Waals surface area contributed by atoms with Crippen LogP contribution in [0.25, 0.3) is 0 Å². The van der Waals surface area contributed by atoms with Crippen LogP contribution >= 0.6 is 0 Å². The molecule has 1 amide bonds. The van der Waals surface area contributed by atoms with Gasteiger partial charge in [0.05, 0.1) is 5.60 Å². The van der Waals surface area contributed by atoms with Crippen LogP contribution in [-0.4, -0.2) is 34.1 Å². The van der Waals surface area contributed by atoms with E-state index in [-0.39, 0.29) is 17.6 Å². The van der Waals surface area contributed by atoms with Gasteiger partial charge >= 0.3 is 0 Å². The Morgan fingerprint density at radius 1 is 1.21 bits per heavy atom. The topological polar surface area (TPSA) is 76.1 Å². The standard InChI is InChI=1S/C18H22N4O2/c1-18(2)12-15(8-11-24-18)21-16(23)13-4-6-14(7-5-13)22-17-19-9-3-10-20-17/h3-7,9-10,15H,8,11-12H2,1-2H3,(H,21,23)(H,19,20,22)/t15-/m0/s1. The molecule has 1 saturated heterocycles. The maximum Gasteiger partial charge on any atom is 0.251 e. The molecule has 3 rings (SSSR count). The third-order valence-corrected chi connectivity index (χ3v) is 4.00. The lowest BCUT2D eigenvalue weighted by atomic mass is 9.94. The molecule has 0 aliphatic carbocycles. The molecule has 0 radical (unpaired) electrons. The van der Waals surface area contributed by atoms with Crippen molar-refractivity contribution in [1.29, 1.82) is 0 Å². The van der Waals surface area contributed by atoms with Gasteiger partial charge in [-0.05, 0) is 57.0 Å². The second-order valence-electron chi connectivity index (χ2n) is 6.55. The summed E-state index contributed by atoms with van der Waals surface area (Å²) in [6.45, 7) is 4.78. The van der Waals surface area contributed by atoms with E-state index < -0.39 is 0 Å². The van der Waals surface area contributed by atoms with Crippen LogP contribution in [0.5, 0.6) is 0 Å². The van der Waals surface area contributed by atoms with Crippen LogP contribution in [0.2, 0.25) is 0 Å². The molecule has 0 unspecified atom stereocenters. The van der Waals surface area contributed by atoms with Gasteiger partial charge in [0, 0.05) is 36.3 Å². The first kappa shape index (κ1) is 16.4. The van der Waals surface area contributed by atoms with Gasteiger partial charge in [-0.1, -0.05) is 0 Å². The van der Waals surface area contributed by atoms with Gasteiger partial charge in [0.2, 0.25) is 5.95 Å². The number of hydrogen-bond donors (Lipinski definition) is 2. The molecular formula is C18H22N4O2. The Morgan fingerprint density at radius 3 is 2.58 bits per heavy atom. The number of carbonyl (C=O) groups is 1. The summed E-state index contributed by atoms with van der Waals surface area (Å²) < 4.78 is 5.68. The van der Waals surface area contributed by atoms with Crippen LogP contribution in [0.15, 0.2) is 42.7 Å². The van der Waals surface area contributed by atoms with E-state index >= 15 is 0 Å². The highest BCUT2D eigenvalue weighted by Gasteiger charge is 2.29. The predicted molar refractivity (Wildman–Crippen MR) is 92.3 cm³/mol. The molecule has 6 heteroatoms. The zero-order valence-electron chi connectivity index (χ0n) is 14.0. The first-order valence-corrected chi connectivity index (χ1v) is 8.11. The largest absolute Gasteiger partial charge is 0.375 e. The Kier molecular flexibility index (Phi) is 4.76. The van der Waals surface area contributed by atoms with E-state index in [0.717, 1.165) is 18.5 Å². The molecule has 6 nitrogen and oxygen atoms in total. The van der Waals surface area contributed by atoms with Crippen LogP contribution in [-0.2, 0) is 4.74 Å². The third-order valence-electron chi connectivity index (χ3n) is 4.00. The van der Waals surface area contributed by atoms with Crippen LogP contribution < -0.4 is 10.6 Å². The van der Waals surface area contributed by atoms with Gasteiger partial charge in [0.15, 0.2) is 0 Å². The molecule has 1 aromatic heterocycles. The number of ether oxygens (including phenoxy) is 1. The third kappa shape index (κ3) is 4.29. The van der Waals surface area contributed by atoms with Gasteiger partial charge in [0.25, 0.3) is 5.91 Å². The summed E-state index contributed by atoms with van der Waals surface area (Å²) >= 11 is 0. The number of amides is 1. The molecule has 1 aromatic carbocycles. The van der Waals surface area contributed by atoms with Crippen LogP contribution in [0.4, 0.5) is 11.6 Å². The number of rotatable bonds is 4. The molecule has 2 N–H and O–H groups in total. The number of anilines is 2. The highest BCUT2D eigenvalue weighted by molar-refractivity contribution is 5.94. The molecule has 1 atom stereocenters. The van der Waals surface area contributed by atoms with Gasteiger partial charge in [-0.25, -0.2) is 9.97 Å². The molecule has 0 spiro atoms. The minimum absolute atomic E-state index is 0.0554. The molecule has 1 fully saturated rings. The highest BCUT2D eigenvalue weighted by Crippen LogP contribution is 2.24. The maximum absolute atomic E-state index is 12.4. The predicted octanol–water partition coefficient (Wildman–Crippen LogP) is 2.91. The summed E-state index contributed by atoms with van der Waals surface area (Å²) in [5.74, 6) is 0.472. The summed E-state index contributed by atoms with van der Waals surface area (Å²) in [5.41, 5.74) is 1.29. The molecular weight excluding hydrogens is 304 g/mol. The number of hydrogen-bond acceptors (Lipinski definition) is 5. The Bertz CT molecular complexity index is 686. The lowest BCUT2D eigenvalue weighted by Gasteiger charge is -2.35. The van der Waals surface area contributed by atoms with Crippen molar-refractivity contribution in [2.45, 2.75) is 38.3 Å². The minimum Gasteiger partial charge on any atom is -0.375 e. The number of benzene rings is 1. The Morgan fingerprint density at radius 2 is 1.92 bits per heavy atom. The van der Waals surface area contributed by atoms with Crippen LogP contribution in [0.3, 0.4) is 0 Å². The Hall–Kier alpha value is -2.47. The van der Waals surface area contributed by atoms with Gasteiger partial charge in [-0.15, -0.1) is 0 Å². The average Bonchev–Trinajstić information content (AvgIpc) is 2.55. The first-order valence-electron chi connectivity index (χ1n) is 8.11. The van der Waals surface area contributed by atoms with E-state index in [9.17, 15) is 4.79 Å². The zero-order chi connectivity index (χ0) is 17.0. The Balaban J connectivity index is 1.59. The van der Waals surface area contributed by atoms with Crippen molar-refractivity contribution in [3.8, 4) is 0 Å². The van der Waals surface area contributed by atoms with Gasteiger partial charge in [-0.2, -0.15) is 0 Å². The molecule has 24 heavy (non-hydrogen) atoms. The number of nitrogens with zero attached hydrogens (tertiary/aromatic N) is 2. The van der Waals surface area contributed by atoms with E-state index in [4.69, 9.17) is 4.74 Å². The van der Waals surface area contributed by atoms with E-state index in [2.05, 4.69) is 34.4 Å². The second kappa shape index (κ2) is 6.97. The minimum atomic E-state index is -0.181. The summed E-state index contributed by atoms with van der Waals surface area (Å²) in [6.07, 6.45) is 5.02. The SMILES string of the molecule is CC1(C)C[C@@H](NC(=O)c2ccc(Nc3ncccn3)cc2)CCO1. The second-order valence-corrected chi connectivity index (χ2v) is 6.55. The van der Waals surface area contributed by atoms with Crippen molar-refractivity contribution in [2.75, 3.05) is 11.9 Å². The zero-order valence-corrected chi connectivity index (χ0v) is 14.0. The maximum atomic E-state index is 12.4. The fourth-order valence-corrected chi connectivity index (χ4v) is 2.82.